The van der Waals surface area contributed by atoms with Crippen LogP contribution in [0.2, 0.25) is 0 Å². The summed E-state index contributed by atoms with van der Waals surface area (Å²) in [6.07, 6.45) is -3.29. The van der Waals surface area contributed by atoms with Crippen LogP contribution in [0.1, 0.15) is 25.6 Å². The van der Waals surface area contributed by atoms with Gasteiger partial charge in [0, 0.05) is 18.5 Å². The lowest BCUT2D eigenvalue weighted by Gasteiger charge is -2.33. The molecule has 134 valence electrons. The van der Waals surface area contributed by atoms with Gasteiger partial charge in [-0.2, -0.15) is 13.2 Å². The summed E-state index contributed by atoms with van der Waals surface area (Å²) < 4.78 is 44.5. The van der Waals surface area contributed by atoms with Crippen LogP contribution in [0.15, 0.2) is 24.3 Å². The van der Waals surface area contributed by atoms with Crippen molar-refractivity contribution in [2.75, 3.05) is 24.6 Å². The van der Waals surface area contributed by atoms with Crippen molar-refractivity contribution in [3.8, 4) is 0 Å². The number of ether oxygens (including phenoxy) is 1. The summed E-state index contributed by atoms with van der Waals surface area (Å²) in [5.41, 5.74) is 0.234. The molecule has 1 atom stereocenters. The predicted octanol–water partition coefficient (Wildman–Crippen LogP) is 3.43. The number of fused-ring (bicyclic) bond motifs is 1. The topological polar surface area (TPSA) is 55.3 Å². The molecule has 1 aliphatic rings. The number of carbonyl (C=O) groups is 1. The summed E-state index contributed by atoms with van der Waals surface area (Å²) in [7, 11) is 0. The van der Waals surface area contributed by atoms with Crippen molar-refractivity contribution >= 4 is 22.7 Å². The molecule has 1 aromatic heterocycles. The molecule has 1 aromatic carbocycles. The minimum absolute atomic E-state index is 0.215. The van der Waals surface area contributed by atoms with Gasteiger partial charge in [-0.25, -0.2) is 9.97 Å². The Morgan fingerprint density at radius 1 is 1.32 bits per heavy atom. The van der Waals surface area contributed by atoms with Crippen LogP contribution in [0, 0.1) is 5.92 Å². The Balaban J connectivity index is 2.00. The number of alkyl halides is 3. The molecule has 2 heterocycles. The van der Waals surface area contributed by atoms with E-state index in [4.69, 9.17) is 4.74 Å². The van der Waals surface area contributed by atoms with Gasteiger partial charge in [0.2, 0.25) is 5.82 Å². The molecule has 1 aliphatic heterocycles. The summed E-state index contributed by atoms with van der Waals surface area (Å²) in [6.45, 7) is 2.83. The van der Waals surface area contributed by atoms with E-state index in [1.54, 1.807) is 30.0 Å². The third-order valence-corrected chi connectivity index (χ3v) is 4.18. The molecule has 5 nitrogen and oxygen atoms in total. The largest absolute Gasteiger partial charge is 0.466 e. The monoisotopic (exact) mass is 353 g/mol. The van der Waals surface area contributed by atoms with Gasteiger partial charge in [-0.05, 0) is 31.9 Å². The molecule has 0 saturated carbocycles. The average Bonchev–Trinajstić information content (AvgIpc) is 2.60. The normalized spacial score (nSPS) is 18.4. The van der Waals surface area contributed by atoms with Gasteiger partial charge in [0.05, 0.1) is 18.0 Å². The lowest BCUT2D eigenvalue weighted by atomic mass is 9.98. The Hall–Kier alpha value is -2.38. The second-order valence-corrected chi connectivity index (χ2v) is 5.92. The van der Waals surface area contributed by atoms with E-state index in [0.717, 1.165) is 0 Å². The lowest BCUT2D eigenvalue weighted by molar-refractivity contribution is -0.148. The van der Waals surface area contributed by atoms with E-state index in [-0.39, 0.29) is 36.4 Å². The highest BCUT2D eigenvalue weighted by molar-refractivity contribution is 5.90. The molecule has 0 N–H and O–H groups in total. The summed E-state index contributed by atoms with van der Waals surface area (Å²) in [5.74, 6) is -1.63. The molecule has 0 spiro atoms. The molecular weight excluding hydrogens is 335 g/mol. The molecule has 0 aliphatic carbocycles. The Labute approximate surface area is 142 Å². The number of para-hydroxylation sites is 1. The molecule has 0 unspecified atom stereocenters. The maximum Gasteiger partial charge on any atom is 0.451 e. The van der Waals surface area contributed by atoms with Crippen molar-refractivity contribution in [3.05, 3.63) is 30.1 Å². The van der Waals surface area contributed by atoms with Crippen molar-refractivity contribution in [2.45, 2.75) is 25.9 Å². The number of hydrogen-bond acceptors (Lipinski definition) is 5. The minimum Gasteiger partial charge on any atom is -0.466 e. The number of nitrogens with zero attached hydrogens (tertiary/aromatic N) is 3. The number of halogens is 3. The Bertz CT molecular complexity index is 779. The van der Waals surface area contributed by atoms with Crippen molar-refractivity contribution in [3.63, 3.8) is 0 Å². The van der Waals surface area contributed by atoms with Crippen molar-refractivity contribution in [1.29, 1.82) is 0 Å². The van der Waals surface area contributed by atoms with E-state index in [9.17, 15) is 18.0 Å². The van der Waals surface area contributed by atoms with Gasteiger partial charge in [0.25, 0.3) is 0 Å². The zero-order valence-electron chi connectivity index (χ0n) is 13.7. The van der Waals surface area contributed by atoms with Gasteiger partial charge in [0.15, 0.2) is 0 Å². The van der Waals surface area contributed by atoms with Crippen LogP contribution in [0.5, 0.6) is 0 Å². The van der Waals surface area contributed by atoms with Crippen LogP contribution in [0.25, 0.3) is 10.9 Å². The number of esters is 1. The number of hydrogen-bond donors (Lipinski definition) is 0. The number of anilines is 1. The molecule has 1 saturated heterocycles. The number of aromatic nitrogens is 2. The molecule has 2 aromatic rings. The number of rotatable bonds is 3. The van der Waals surface area contributed by atoms with Crippen LogP contribution in [0.4, 0.5) is 19.0 Å². The number of piperidine rings is 1. The van der Waals surface area contributed by atoms with E-state index in [0.29, 0.717) is 24.8 Å². The highest BCUT2D eigenvalue weighted by Gasteiger charge is 2.37. The summed E-state index contributed by atoms with van der Waals surface area (Å²) in [5, 5.41) is 0.542. The second kappa shape index (κ2) is 6.85. The van der Waals surface area contributed by atoms with Gasteiger partial charge in [-0.15, -0.1) is 0 Å². The predicted molar refractivity (Wildman–Crippen MR) is 86.1 cm³/mol. The third-order valence-electron chi connectivity index (χ3n) is 4.18. The summed E-state index contributed by atoms with van der Waals surface area (Å²) >= 11 is 0. The Kier molecular flexibility index (Phi) is 4.78. The van der Waals surface area contributed by atoms with E-state index >= 15 is 0 Å². The van der Waals surface area contributed by atoms with Crippen molar-refractivity contribution in [1.82, 2.24) is 9.97 Å². The zero-order valence-corrected chi connectivity index (χ0v) is 13.7. The highest BCUT2D eigenvalue weighted by Crippen LogP contribution is 2.33. The SMILES string of the molecule is CCOC(=O)[C@H]1CCCN(c2nc(C(F)(F)F)nc3ccccc23)C1. The fourth-order valence-electron chi connectivity index (χ4n) is 3.05. The van der Waals surface area contributed by atoms with Crippen molar-refractivity contribution < 1.29 is 22.7 Å². The van der Waals surface area contributed by atoms with Crippen LogP contribution >= 0.6 is 0 Å². The second-order valence-electron chi connectivity index (χ2n) is 5.92. The number of carbonyl (C=O) groups excluding carboxylic acids is 1. The maximum absolute atomic E-state index is 13.2. The smallest absolute Gasteiger partial charge is 0.451 e. The van der Waals surface area contributed by atoms with Crippen LogP contribution in [-0.2, 0) is 15.7 Å². The summed E-state index contributed by atoms with van der Waals surface area (Å²) in [4.78, 5) is 21.1. The molecule has 0 amide bonds. The molecule has 25 heavy (non-hydrogen) atoms. The molecular formula is C17H18F3N3O2. The number of benzene rings is 1. The zero-order chi connectivity index (χ0) is 18.0. The Morgan fingerprint density at radius 2 is 2.08 bits per heavy atom. The molecule has 1 fully saturated rings. The first-order chi connectivity index (χ1) is 11.9. The third kappa shape index (κ3) is 3.67. The first-order valence-electron chi connectivity index (χ1n) is 8.15. The van der Waals surface area contributed by atoms with E-state index in [1.807, 2.05) is 0 Å². The first-order valence-corrected chi connectivity index (χ1v) is 8.15. The maximum atomic E-state index is 13.2. The Morgan fingerprint density at radius 3 is 2.80 bits per heavy atom. The van der Waals surface area contributed by atoms with Crippen molar-refractivity contribution in [2.24, 2.45) is 5.92 Å². The highest BCUT2D eigenvalue weighted by atomic mass is 19.4. The fourth-order valence-corrected chi connectivity index (χ4v) is 3.05. The van der Waals surface area contributed by atoms with E-state index < -0.39 is 12.0 Å². The standard InChI is InChI=1S/C17H18F3N3O2/c1-2-25-15(24)11-6-5-9-23(10-11)14-12-7-3-4-8-13(12)21-16(22-14)17(18,19)20/h3-4,7-8,11H,2,5-6,9-10H2,1H3/t11-/m0/s1. The van der Waals surface area contributed by atoms with Gasteiger partial charge >= 0.3 is 12.1 Å². The quantitative estimate of drug-likeness (QED) is 0.792. The van der Waals surface area contributed by atoms with Gasteiger partial charge in [-0.1, -0.05) is 12.1 Å². The van der Waals surface area contributed by atoms with Crippen LogP contribution < -0.4 is 4.90 Å². The average molecular weight is 353 g/mol. The first kappa shape index (κ1) is 17.4. The molecule has 8 heteroatoms. The fraction of sp³-hybridized carbons (Fsp3) is 0.471. The molecule has 3 rings (SSSR count). The van der Waals surface area contributed by atoms with Gasteiger partial charge in [0.1, 0.15) is 5.82 Å². The van der Waals surface area contributed by atoms with E-state index in [1.165, 1.54) is 6.07 Å². The van der Waals surface area contributed by atoms with Gasteiger partial charge < -0.3 is 9.64 Å². The van der Waals surface area contributed by atoms with Gasteiger partial charge in [-0.3, -0.25) is 4.79 Å². The molecule has 0 radical (unpaired) electrons. The van der Waals surface area contributed by atoms with E-state index in [2.05, 4.69) is 9.97 Å². The lowest BCUT2D eigenvalue weighted by Crippen LogP contribution is -2.40. The van der Waals surface area contributed by atoms with Crippen LogP contribution in [0.3, 0.4) is 0 Å². The summed E-state index contributed by atoms with van der Waals surface area (Å²) in [6, 6.07) is 6.59. The molecule has 0 bridgehead atoms. The van der Waals surface area contributed by atoms with Crippen LogP contribution in [-0.4, -0.2) is 35.6 Å². The minimum atomic E-state index is -4.63.